The van der Waals surface area contributed by atoms with Gasteiger partial charge in [0.15, 0.2) is 6.10 Å². The molecule has 0 N–H and O–H groups in total. The Bertz CT molecular complexity index is 1210. The molecule has 0 rings (SSSR count). The number of allylic oxidation sites excluding steroid dienone is 4. The van der Waals surface area contributed by atoms with Crippen molar-refractivity contribution < 1.29 is 28.6 Å². The third kappa shape index (κ3) is 62.6. The molecule has 0 aliphatic carbocycles. The number of hydrogen-bond acceptors (Lipinski definition) is 6. The lowest BCUT2D eigenvalue weighted by atomic mass is 10.0. The summed E-state index contributed by atoms with van der Waals surface area (Å²) in [5.74, 6) is -0.849. The highest BCUT2D eigenvalue weighted by molar-refractivity contribution is 5.71. The summed E-state index contributed by atoms with van der Waals surface area (Å²) < 4.78 is 17.0. The third-order valence-corrected chi connectivity index (χ3v) is 15.4. The average molecular weight is 1060 g/mol. The summed E-state index contributed by atoms with van der Waals surface area (Å²) in [6.07, 6.45) is 77.7. The normalized spacial score (nSPS) is 12.1. The van der Waals surface area contributed by atoms with Gasteiger partial charge in [0, 0.05) is 19.3 Å². The van der Waals surface area contributed by atoms with Crippen molar-refractivity contribution in [2.45, 2.75) is 386 Å². The topological polar surface area (TPSA) is 78.9 Å². The minimum atomic E-state index is -0.771. The summed E-state index contributed by atoms with van der Waals surface area (Å²) in [7, 11) is 0. The summed E-state index contributed by atoms with van der Waals surface area (Å²) in [5, 5.41) is 0. The van der Waals surface area contributed by atoms with Crippen LogP contribution in [0, 0.1) is 0 Å². The van der Waals surface area contributed by atoms with Crippen molar-refractivity contribution in [3.05, 3.63) is 24.3 Å². The first-order valence-corrected chi connectivity index (χ1v) is 33.8. The van der Waals surface area contributed by atoms with Crippen molar-refractivity contribution in [1.29, 1.82) is 0 Å². The number of hydrogen-bond donors (Lipinski definition) is 0. The van der Waals surface area contributed by atoms with E-state index in [-0.39, 0.29) is 31.1 Å². The van der Waals surface area contributed by atoms with E-state index in [1.54, 1.807) is 0 Å². The lowest BCUT2D eigenvalue weighted by Crippen LogP contribution is -2.30. The fourth-order valence-corrected chi connectivity index (χ4v) is 10.3. The smallest absolute Gasteiger partial charge is 0.306 e. The Morgan fingerprint density at radius 1 is 0.253 bits per heavy atom. The molecule has 0 saturated heterocycles. The number of rotatable bonds is 63. The van der Waals surface area contributed by atoms with Gasteiger partial charge in [0.25, 0.3) is 0 Å². The number of unbranched alkanes of at least 4 members (excludes halogenated alkanes) is 48. The lowest BCUT2D eigenvalue weighted by molar-refractivity contribution is -0.167. The van der Waals surface area contributed by atoms with Gasteiger partial charge in [-0.25, -0.2) is 0 Å². The van der Waals surface area contributed by atoms with E-state index in [9.17, 15) is 14.4 Å². The molecule has 75 heavy (non-hydrogen) atoms. The first-order chi connectivity index (χ1) is 37.0. The van der Waals surface area contributed by atoms with E-state index in [2.05, 4.69) is 45.1 Å². The zero-order chi connectivity index (χ0) is 54.3. The van der Waals surface area contributed by atoms with E-state index < -0.39 is 6.10 Å². The SMILES string of the molecule is CCCCCC/C=C\CCCCCCCC(=O)OCC(COC(=O)CCCCCCCCCCCCCCCCC/C=C\CCCCCCCCCC)OC(=O)CCCCCCCCCCCCCCCCCCC. The van der Waals surface area contributed by atoms with Gasteiger partial charge in [0.05, 0.1) is 0 Å². The third-order valence-electron chi connectivity index (χ3n) is 15.4. The molecule has 0 bridgehead atoms. The lowest BCUT2D eigenvalue weighted by Gasteiger charge is -2.18. The first kappa shape index (κ1) is 72.9. The zero-order valence-corrected chi connectivity index (χ0v) is 50.8. The van der Waals surface area contributed by atoms with Crippen molar-refractivity contribution in [3.8, 4) is 0 Å². The maximum Gasteiger partial charge on any atom is 0.306 e. The second kappa shape index (κ2) is 64.4. The summed E-state index contributed by atoms with van der Waals surface area (Å²) in [6, 6.07) is 0. The molecule has 6 heteroatoms. The summed E-state index contributed by atoms with van der Waals surface area (Å²) in [5.41, 5.74) is 0. The van der Waals surface area contributed by atoms with Gasteiger partial charge in [-0.05, 0) is 70.6 Å². The summed E-state index contributed by atoms with van der Waals surface area (Å²) in [6.45, 7) is 6.69. The van der Waals surface area contributed by atoms with Crippen molar-refractivity contribution in [1.82, 2.24) is 0 Å². The molecule has 0 aromatic heterocycles. The molecule has 0 heterocycles. The molecule has 0 amide bonds. The minimum absolute atomic E-state index is 0.0680. The van der Waals surface area contributed by atoms with Gasteiger partial charge >= 0.3 is 17.9 Å². The van der Waals surface area contributed by atoms with Crippen LogP contribution in [-0.2, 0) is 28.6 Å². The average Bonchev–Trinajstić information content (AvgIpc) is 3.41. The predicted molar refractivity (Wildman–Crippen MR) is 326 cm³/mol. The molecule has 6 nitrogen and oxygen atoms in total. The van der Waals surface area contributed by atoms with Crippen LogP contribution in [0.3, 0.4) is 0 Å². The molecule has 0 aliphatic rings. The largest absolute Gasteiger partial charge is 0.462 e. The van der Waals surface area contributed by atoms with Crippen molar-refractivity contribution >= 4 is 17.9 Å². The maximum atomic E-state index is 12.9. The highest BCUT2D eigenvalue weighted by Crippen LogP contribution is 2.18. The molecule has 1 unspecified atom stereocenters. The molecule has 0 spiro atoms. The van der Waals surface area contributed by atoms with Crippen molar-refractivity contribution in [2.75, 3.05) is 13.2 Å². The number of carbonyl (C=O) groups is 3. The van der Waals surface area contributed by atoms with Gasteiger partial charge in [0.2, 0.25) is 0 Å². The van der Waals surface area contributed by atoms with Gasteiger partial charge in [0.1, 0.15) is 13.2 Å². The van der Waals surface area contributed by atoms with Crippen LogP contribution in [0.2, 0.25) is 0 Å². The van der Waals surface area contributed by atoms with Gasteiger partial charge in [-0.2, -0.15) is 0 Å². The molecular formula is C69H130O6. The molecule has 0 aromatic carbocycles. The highest BCUT2D eigenvalue weighted by Gasteiger charge is 2.19. The van der Waals surface area contributed by atoms with Crippen LogP contribution in [0.5, 0.6) is 0 Å². The number of ether oxygens (including phenoxy) is 3. The molecule has 0 saturated carbocycles. The van der Waals surface area contributed by atoms with E-state index in [0.29, 0.717) is 19.3 Å². The predicted octanol–water partition coefficient (Wildman–Crippen LogP) is 23.0. The van der Waals surface area contributed by atoms with Gasteiger partial charge in [-0.1, -0.05) is 315 Å². The molecular weight excluding hydrogens is 925 g/mol. The summed E-state index contributed by atoms with van der Waals surface area (Å²) in [4.78, 5) is 38.3. The molecule has 442 valence electrons. The van der Waals surface area contributed by atoms with Gasteiger partial charge in [-0.3, -0.25) is 14.4 Å². The Balaban J connectivity index is 4.19. The molecule has 0 aliphatic heterocycles. The zero-order valence-electron chi connectivity index (χ0n) is 50.8. The van der Waals surface area contributed by atoms with Crippen LogP contribution >= 0.6 is 0 Å². The van der Waals surface area contributed by atoms with Crippen LogP contribution in [0.15, 0.2) is 24.3 Å². The van der Waals surface area contributed by atoms with E-state index in [1.165, 1.54) is 276 Å². The van der Waals surface area contributed by atoms with Crippen LogP contribution in [-0.4, -0.2) is 37.2 Å². The Labute approximate surface area is 468 Å². The fraction of sp³-hybridized carbons (Fsp3) is 0.899. The second-order valence-electron chi connectivity index (χ2n) is 23.1. The Morgan fingerprint density at radius 3 is 0.680 bits per heavy atom. The summed E-state index contributed by atoms with van der Waals surface area (Å²) >= 11 is 0. The van der Waals surface area contributed by atoms with Crippen LogP contribution in [0.4, 0.5) is 0 Å². The molecule has 0 fully saturated rings. The standard InChI is InChI=1S/C69H130O6/c1-4-7-10-13-16-19-22-25-27-29-30-31-32-33-34-35-36-37-38-40-41-44-47-50-53-56-59-62-68(71)74-65-66(64-73-67(70)61-58-55-52-49-46-43-24-21-18-15-12-9-6-3)75-69(72)63-60-57-54-51-48-45-42-39-28-26-23-20-17-14-11-8-5-2/h21,24,29-30,66H,4-20,22-23,25-28,31-65H2,1-3H3/b24-21-,30-29-. The quantitative estimate of drug-likeness (QED) is 0.0261. The Kier molecular flexibility index (Phi) is 62.6. The molecule has 0 radical (unpaired) electrons. The van der Waals surface area contributed by atoms with E-state index >= 15 is 0 Å². The van der Waals surface area contributed by atoms with Gasteiger partial charge in [-0.15, -0.1) is 0 Å². The highest BCUT2D eigenvalue weighted by atomic mass is 16.6. The Hall–Kier alpha value is -2.11. The maximum absolute atomic E-state index is 12.9. The fourth-order valence-electron chi connectivity index (χ4n) is 10.3. The second-order valence-corrected chi connectivity index (χ2v) is 23.1. The van der Waals surface area contributed by atoms with Crippen LogP contribution in [0.1, 0.15) is 380 Å². The number of esters is 3. The molecule has 0 aromatic rings. The van der Waals surface area contributed by atoms with E-state index in [4.69, 9.17) is 14.2 Å². The van der Waals surface area contributed by atoms with Crippen molar-refractivity contribution in [2.24, 2.45) is 0 Å². The molecule has 1 atom stereocenters. The monoisotopic (exact) mass is 1050 g/mol. The van der Waals surface area contributed by atoms with Crippen LogP contribution < -0.4 is 0 Å². The Morgan fingerprint density at radius 2 is 0.440 bits per heavy atom. The first-order valence-electron chi connectivity index (χ1n) is 33.8. The minimum Gasteiger partial charge on any atom is -0.462 e. The van der Waals surface area contributed by atoms with E-state index in [1.807, 2.05) is 0 Å². The van der Waals surface area contributed by atoms with Gasteiger partial charge < -0.3 is 14.2 Å². The van der Waals surface area contributed by atoms with Crippen molar-refractivity contribution in [3.63, 3.8) is 0 Å². The van der Waals surface area contributed by atoms with E-state index in [0.717, 1.165) is 64.2 Å². The van der Waals surface area contributed by atoms with Crippen LogP contribution in [0.25, 0.3) is 0 Å². The number of carbonyl (C=O) groups excluding carboxylic acids is 3.